The maximum absolute atomic E-state index is 12.4. The first-order valence-corrected chi connectivity index (χ1v) is 7.03. The van der Waals surface area contributed by atoms with Crippen molar-refractivity contribution in [3.8, 4) is 0 Å². The summed E-state index contributed by atoms with van der Waals surface area (Å²) in [5, 5.41) is 12.2. The van der Waals surface area contributed by atoms with Crippen molar-refractivity contribution < 1.29 is 9.90 Å². The smallest absolute Gasteiger partial charge is 0.270 e. The molecule has 1 unspecified atom stereocenters. The first-order chi connectivity index (χ1) is 10.2. The Morgan fingerprint density at radius 3 is 2.90 bits per heavy atom. The van der Waals surface area contributed by atoms with Gasteiger partial charge in [-0.25, -0.2) is 4.98 Å². The van der Waals surface area contributed by atoms with E-state index in [2.05, 4.69) is 15.3 Å². The number of aromatic nitrogens is 3. The standard InChI is InChI=1S/C15H18N4O2/c1-19-7-6-17-14(19)13(11-2-3-11)18-15(21)12-8-10(9-20)4-5-16-12/h4-8,11,13,20H,2-3,9H2,1H3,(H,18,21). The number of aryl methyl sites for hydroxylation is 1. The van der Waals surface area contributed by atoms with E-state index in [1.807, 2.05) is 17.8 Å². The number of rotatable bonds is 5. The Bertz CT molecular complexity index is 649. The lowest BCUT2D eigenvalue weighted by atomic mass is 10.1. The Morgan fingerprint density at radius 2 is 2.29 bits per heavy atom. The van der Waals surface area contributed by atoms with Gasteiger partial charge in [0.15, 0.2) is 0 Å². The molecule has 1 atom stereocenters. The number of carbonyl (C=O) groups is 1. The number of aliphatic hydroxyl groups excluding tert-OH is 1. The number of hydrogen-bond acceptors (Lipinski definition) is 4. The molecule has 0 saturated heterocycles. The van der Waals surface area contributed by atoms with Gasteiger partial charge in [-0.2, -0.15) is 0 Å². The number of hydrogen-bond donors (Lipinski definition) is 2. The molecule has 2 aromatic heterocycles. The van der Waals surface area contributed by atoms with E-state index in [0.29, 0.717) is 17.2 Å². The molecule has 1 saturated carbocycles. The van der Waals surface area contributed by atoms with Gasteiger partial charge >= 0.3 is 0 Å². The summed E-state index contributed by atoms with van der Waals surface area (Å²) in [6.45, 7) is -0.103. The highest BCUT2D eigenvalue weighted by atomic mass is 16.3. The van der Waals surface area contributed by atoms with Crippen LogP contribution in [0.3, 0.4) is 0 Å². The molecule has 110 valence electrons. The lowest BCUT2D eigenvalue weighted by molar-refractivity contribution is 0.0923. The maximum atomic E-state index is 12.4. The summed E-state index contributed by atoms with van der Waals surface area (Å²) in [6, 6.07) is 3.21. The lowest BCUT2D eigenvalue weighted by Gasteiger charge is -2.18. The van der Waals surface area contributed by atoms with Gasteiger partial charge in [0.25, 0.3) is 5.91 Å². The molecular weight excluding hydrogens is 268 g/mol. The van der Waals surface area contributed by atoms with E-state index >= 15 is 0 Å². The number of aliphatic hydroxyl groups is 1. The molecule has 3 rings (SSSR count). The second-order valence-corrected chi connectivity index (χ2v) is 5.39. The lowest BCUT2D eigenvalue weighted by Crippen LogP contribution is -2.32. The molecule has 0 spiro atoms. The predicted octanol–water partition coefficient (Wildman–Crippen LogP) is 1.19. The van der Waals surface area contributed by atoms with Crippen LogP contribution in [-0.4, -0.2) is 25.5 Å². The third kappa shape index (κ3) is 2.95. The summed E-state index contributed by atoms with van der Waals surface area (Å²) in [6.07, 6.45) is 7.35. The van der Waals surface area contributed by atoms with E-state index in [1.165, 1.54) is 6.20 Å². The zero-order chi connectivity index (χ0) is 14.8. The van der Waals surface area contributed by atoms with Crippen LogP contribution in [0.15, 0.2) is 30.7 Å². The van der Waals surface area contributed by atoms with E-state index in [1.54, 1.807) is 18.3 Å². The highest BCUT2D eigenvalue weighted by Gasteiger charge is 2.36. The Balaban J connectivity index is 1.79. The Morgan fingerprint density at radius 1 is 1.48 bits per heavy atom. The van der Waals surface area contributed by atoms with Crippen molar-refractivity contribution >= 4 is 5.91 Å². The Kier molecular flexibility index (Phi) is 3.70. The van der Waals surface area contributed by atoms with E-state index in [9.17, 15) is 4.79 Å². The van der Waals surface area contributed by atoms with Crippen LogP contribution in [0.5, 0.6) is 0 Å². The third-order valence-corrected chi connectivity index (χ3v) is 3.76. The molecule has 2 N–H and O–H groups in total. The van der Waals surface area contributed by atoms with Crippen LogP contribution in [0.2, 0.25) is 0 Å². The van der Waals surface area contributed by atoms with E-state index < -0.39 is 0 Å². The van der Waals surface area contributed by atoms with Crippen molar-refractivity contribution in [1.82, 2.24) is 19.9 Å². The van der Waals surface area contributed by atoms with Crippen LogP contribution < -0.4 is 5.32 Å². The molecule has 1 amide bonds. The van der Waals surface area contributed by atoms with Crippen LogP contribution in [0.1, 0.15) is 40.8 Å². The zero-order valence-electron chi connectivity index (χ0n) is 11.9. The number of pyridine rings is 1. The fourth-order valence-electron chi connectivity index (χ4n) is 2.41. The highest BCUT2D eigenvalue weighted by molar-refractivity contribution is 5.92. The van der Waals surface area contributed by atoms with Gasteiger partial charge in [0.2, 0.25) is 0 Å². The molecule has 21 heavy (non-hydrogen) atoms. The molecule has 6 nitrogen and oxygen atoms in total. The first kappa shape index (κ1) is 13.8. The molecule has 0 bridgehead atoms. The van der Waals surface area contributed by atoms with Crippen molar-refractivity contribution in [2.24, 2.45) is 13.0 Å². The van der Waals surface area contributed by atoms with Crippen LogP contribution in [-0.2, 0) is 13.7 Å². The van der Waals surface area contributed by atoms with Crippen LogP contribution >= 0.6 is 0 Å². The molecule has 0 aliphatic heterocycles. The summed E-state index contributed by atoms with van der Waals surface area (Å²) in [5.41, 5.74) is 0.997. The summed E-state index contributed by atoms with van der Waals surface area (Å²) in [4.78, 5) is 20.8. The fraction of sp³-hybridized carbons (Fsp3) is 0.400. The van der Waals surface area contributed by atoms with E-state index in [4.69, 9.17) is 5.11 Å². The Labute approximate surface area is 122 Å². The molecule has 0 aromatic carbocycles. The molecule has 0 radical (unpaired) electrons. The van der Waals surface area contributed by atoms with Gasteiger partial charge in [-0.3, -0.25) is 9.78 Å². The number of imidazole rings is 1. The zero-order valence-corrected chi connectivity index (χ0v) is 11.9. The quantitative estimate of drug-likeness (QED) is 0.865. The minimum absolute atomic E-state index is 0.0860. The van der Waals surface area contributed by atoms with Crippen molar-refractivity contribution in [3.63, 3.8) is 0 Å². The van der Waals surface area contributed by atoms with Crippen molar-refractivity contribution in [3.05, 3.63) is 47.8 Å². The number of nitrogens with one attached hydrogen (secondary N) is 1. The first-order valence-electron chi connectivity index (χ1n) is 7.03. The van der Waals surface area contributed by atoms with Crippen LogP contribution in [0.4, 0.5) is 0 Å². The van der Waals surface area contributed by atoms with Crippen LogP contribution in [0.25, 0.3) is 0 Å². The Hall–Kier alpha value is -2.21. The number of nitrogens with zero attached hydrogens (tertiary/aromatic N) is 3. The number of amides is 1. The molecular formula is C15H18N4O2. The van der Waals surface area contributed by atoms with Gasteiger partial charge < -0.3 is 15.0 Å². The van der Waals surface area contributed by atoms with Gasteiger partial charge in [-0.15, -0.1) is 0 Å². The summed E-state index contributed by atoms with van der Waals surface area (Å²) in [7, 11) is 1.93. The number of carbonyl (C=O) groups excluding carboxylic acids is 1. The normalized spacial score (nSPS) is 15.7. The minimum Gasteiger partial charge on any atom is -0.392 e. The highest BCUT2D eigenvalue weighted by Crippen LogP contribution is 2.40. The molecule has 1 fully saturated rings. The summed E-state index contributed by atoms with van der Waals surface area (Å²) in [5.74, 6) is 1.07. The molecule has 1 aliphatic carbocycles. The summed E-state index contributed by atoms with van der Waals surface area (Å²) < 4.78 is 1.93. The SMILES string of the molecule is Cn1ccnc1C(NC(=O)c1cc(CO)ccn1)C1CC1. The van der Waals surface area contributed by atoms with Gasteiger partial charge in [0.1, 0.15) is 11.5 Å². The summed E-state index contributed by atoms with van der Waals surface area (Å²) >= 11 is 0. The fourth-order valence-corrected chi connectivity index (χ4v) is 2.41. The average molecular weight is 286 g/mol. The average Bonchev–Trinajstić information content (AvgIpc) is 3.26. The van der Waals surface area contributed by atoms with Gasteiger partial charge in [-0.05, 0) is 36.5 Å². The molecule has 2 aromatic rings. The third-order valence-electron chi connectivity index (χ3n) is 3.76. The molecule has 6 heteroatoms. The van der Waals surface area contributed by atoms with Crippen LogP contribution in [0, 0.1) is 5.92 Å². The van der Waals surface area contributed by atoms with Gasteiger partial charge in [0, 0.05) is 25.6 Å². The predicted molar refractivity (Wildman–Crippen MR) is 76.3 cm³/mol. The van der Waals surface area contributed by atoms with Crippen molar-refractivity contribution in [1.29, 1.82) is 0 Å². The largest absolute Gasteiger partial charge is 0.392 e. The van der Waals surface area contributed by atoms with Gasteiger partial charge in [0.05, 0.1) is 12.6 Å². The van der Waals surface area contributed by atoms with Crippen molar-refractivity contribution in [2.45, 2.75) is 25.5 Å². The van der Waals surface area contributed by atoms with E-state index in [-0.39, 0.29) is 18.6 Å². The molecule has 1 aliphatic rings. The maximum Gasteiger partial charge on any atom is 0.270 e. The molecule has 2 heterocycles. The topological polar surface area (TPSA) is 80.0 Å². The van der Waals surface area contributed by atoms with Crippen molar-refractivity contribution in [2.75, 3.05) is 0 Å². The second kappa shape index (κ2) is 5.65. The van der Waals surface area contributed by atoms with E-state index in [0.717, 1.165) is 18.7 Å². The van der Waals surface area contributed by atoms with Gasteiger partial charge in [-0.1, -0.05) is 0 Å². The minimum atomic E-state index is -0.231. The second-order valence-electron chi connectivity index (χ2n) is 5.39. The monoisotopic (exact) mass is 286 g/mol.